The minimum atomic E-state index is -0.829. The van der Waals surface area contributed by atoms with Gasteiger partial charge in [-0.1, -0.05) is 6.92 Å². The summed E-state index contributed by atoms with van der Waals surface area (Å²) in [5.74, 6) is 0.204. The Kier molecular flexibility index (Phi) is 3.24. The number of rotatable bonds is 3. The lowest BCUT2D eigenvalue weighted by molar-refractivity contribution is -0.123. The van der Waals surface area contributed by atoms with Crippen molar-refractivity contribution in [2.75, 3.05) is 4.90 Å². The first-order chi connectivity index (χ1) is 11.1. The van der Waals surface area contributed by atoms with Crippen molar-refractivity contribution in [2.45, 2.75) is 38.6 Å². The summed E-state index contributed by atoms with van der Waals surface area (Å²) in [4.78, 5) is 15.1. The third-order valence-corrected chi connectivity index (χ3v) is 5.61. The summed E-state index contributed by atoms with van der Waals surface area (Å²) in [5.41, 5.74) is 0.904. The second kappa shape index (κ2) is 5.07. The zero-order valence-electron chi connectivity index (χ0n) is 12.9. The fourth-order valence-corrected chi connectivity index (χ4v) is 4.25. The van der Waals surface area contributed by atoms with Crippen LogP contribution in [0, 0.1) is 22.7 Å². The number of hydrogen-bond donors (Lipinski definition) is 0. The van der Waals surface area contributed by atoms with Crippen LogP contribution < -0.4 is 4.90 Å². The van der Waals surface area contributed by atoms with Crippen LogP contribution in [0.25, 0.3) is 5.52 Å². The van der Waals surface area contributed by atoms with E-state index in [9.17, 15) is 10.1 Å². The Morgan fingerprint density at radius 3 is 2.96 bits per heavy atom. The minimum Gasteiger partial charge on any atom is -0.306 e. The van der Waals surface area contributed by atoms with Crippen molar-refractivity contribution in [1.29, 1.82) is 5.26 Å². The molecule has 0 spiro atoms. The Labute approximate surface area is 143 Å². The van der Waals surface area contributed by atoms with Crippen molar-refractivity contribution in [3.8, 4) is 6.07 Å². The van der Waals surface area contributed by atoms with Gasteiger partial charge in [0.2, 0.25) is 5.91 Å². The quantitative estimate of drug-likeness (QED) is 0.827. The van der Waals surface area contributed by atoms with Crippen LogP contribution in [0.3, 0.4) is 0 Å². The summed E-state index contributed by atoms with van der Waals surface area (Å²) in [6, 6.07) is 6.30. The summed E-state index contributed by atoms with van der Waals surface area (Å²) in [6.07, 6.45) is 7.05. The van der Waals surface area contributed by atoms with E-state index in [4.69, 9.17) is 0 Å². The first-order valence-electron chi connectivity index (χ1n) is 7.98. The maximum atomic E-state index is 13.2. The van der Waals surface area contributed by atoms with Crippen molar-refractivity contribution in [1.82, 2.24) is 9.61 Å². The number of amides is 1. The molecule has 0 unspecified atom stereocenters. The van der Waals surface area contributed by atoms with Gasteiger partial charge in [-0.3, -0.25) is 4.79 Å². The monoisotopic (exact) mass is 372 g/mol. The number of anilines is 1. The Balaban J connectivity index is 1.86. The van der Waals surface area contributed by atoms with Gasteiger partial charge in [-0.25, -0.2) is 4.52 Å². The zero-order chi connectivity index (χ0) is 16.2. The predicted molar refractivity (Wildman–Crippen MR) is 89.8 cm³/mol. The Bertz CT molecular complexity index is 835. The topological polar surface area (TPSA) is 61.4 Å². The third-order valence-electron chi connectivity index (χ3n) is 5.18. The van der Waals surface area contributed by atoms with Gasteiger partial charge in [0.15, 0.2) is 0 Å². The summed E-state index contributed by atoms with van der Waals surface area (Å²) in [5, 5.41) is 14.1. The van der Waals surface area contributed by atoms with Crippen LogP contribution in [0.2, 0.25) is 0 Å². The second-order valence-electron chi connectivity index (χ2n) is 6.50. The summed E-state index contributed by atoms with van der Waals surface area (Å²) < 4.78 is 2.69. The summed E-state index contributed by atoms with van der Waals surface area (Å²) in [6.45, 7) is 2.08. The first kappa shape index (κ1) is 14.7. The van der Waals surface area contributed by atoms with E-state index in [0.717, 1.165) is 34.9 Å². The lowest BCUT2D eigenvalue weighted by atomic mass is 9.81. The molecular formula is C17H17BrN4O. The molecule has 0 radical (unpaired) electrons. The van der Waals surface area contributed by atoms with E-state index < -0.39 is 5.41 Å². The van der Waals surface area contributed by atoms with E-state index in [2.05, 4.69) is 34.0 Å². The molecule has 2 atom stereocenters. The molecule has 2 fully saturated rings. The van der Waals surface area contributed by atoms with Gasteiger partial charge in [0.1, 0.15) is 5.41 Å². The van der Waals surface area contributed by atoms with Crippen molar-refractivity contribution < 1.29 is 4.79 Å². The Hall–Kier alpha value is -1.87. The highest BCUT2D eigenvalue weighted by Gasteiger charge is 2.59. The van der Waals surface area contributed by atoms with Gasteiger partial charge in [0.05, 0.1) is 17.3 Å². The molecule has 118 valence electrons. The molecule has 0 aromatic carbocycles. The average molecular weight is 373 g/mol. The lowest BCUT2D eigenvalue weighted by Crippen LogP contribution is -2.37. The minimum absolute atomic E-state index is 0.0280. The summed E-state index contributed by atoms with van der Waals surface area (Å²) in [7, 11) is 0. The van der Waals surface area contributed by atoms with Crippen LogP contribution in [-0.2, 0) is 4.79 Å². The van der Waals surface area contributed by atoms with Crippen LogP contribution in [-0.4, -0.2) is 21.6 Å². The number of hydrogen-bond acceptors (Lipinski definition) is 3. The molecule has 3 heterocycles. The van der Waals surface area contributed by atoms with Crippen LogP contribution in [0.4, 0.5) is 5.69 Å². The molecule has 0 bridgehead atoms. The van der Waals surface area contributed by atoms with Crippen LogP contribution in [0.1, 0.15) is 32.6 Å². The van der Waals surface area contributed by atoms with Crippen molar-refractivity contribution in [3.63, 3.8) is 0 Å². The SMILES string of the molecule is CC[C@H]1C[C@@](C#N)(C2CC2)C(=O)N1c1ccnn2cc(Br)cc12. The number of nitriles is 1. The molecule has 0 N–H and O–H groups in total. The van der Waals surface area contributed by atoms with Gasteiger partial charge in [-0.15, -0.1) is 0 Å². The van der Waals surface area contributed by atoms with E-state index in [-0.39, 0.29) is 17.9 Å². The van der Waals surface area contributed by atoms with Crippen molar-refractivity contribution in [2.24, 2.45) is 11.3 Å². The summed E-state index contributed by atoms with van der Waals surface area (Å²) >= 11 is 3.47. The molecule has 4 rings (SSSR count). The molecule has 1 saturated heterocycles. The predicted octanol–water partition coefficient (Wildman–Crippen LogP) is 3.53. The Morgan fingerprint density at radius 1 is 1.52 bits per heavy atom. The van der Waals surface area contributed by atoms with E-state index >= 15 is 0 Å². The van der Waals surface area contributed by atoms with E-state index in [1.165, 1.54) is 0 Å². The zero-order valence-corrected chi connectivity index (χ0v) is 14.5. The smallest absolute Gasteiger partial charge is 0.248 e. The number of halogens is 1. The van der Waals surface area contributed by atoms with E-state index in [1.54, 1.807) is 10.7 Å². The number of fused-ring (bicyclic) bond motifs is 1. The van der Waals surface area contributed by atoms with Gasteiger partial charge in [0.25, 0.3) is 0 Å². The van der Waals surface area contributed by atoms with Gasteiger partial charge in [-0.05, 0) is 59.7 Å². The largest absolute Gasteiger partial charge is 0.306 e. The number of carbonyl (C=O) groups is 1. The third kappa shape index (κ3) is 2.03. The second-order valence-corrected chi connectivity index (χ2v) is 7.42. The standard InChI is InChI=1S/C17H17BrN4O/c1-2-13-8-17(10-19,11-3-4-11)16(23)22(13)14-5-6-20-21-9-12(18)7-15(14)21/h5-7,9,11,13H,2-4,8H2,1H3/t13-,17+/m0/s1. The molecule has 2 aromatic heterocycles. The first-order valence-corrected chi connectivity index (χ1v) is 8.78. The molecule has 1 amide bonds. The molecule has 23 heavy (non-hydrogen) atoms. The van der Waals surface area contributed by atoms with Gasteiger partial charge >= 0.3 is 0 Å². The molecule has 1 aliphatic carbocycles. The van der Waals surface area contributed by atoms with Gasteiger partial charge < -0.3 is 4.90 Å². The molecule has 1 saturated carbocycles. The highest BCUT2D eigenvalue weighted by molar-refractivity contribution is 9.10. The highest BCUT2D eigenvalue weighted by Crippen LogP contribution is 2.54. The lowest BCUT2D eigenvalue weighted by Gasteiger charge is -2.25. The molecular weight excluding hydrogens is 356 g/mol. The van der Waals surface area contributed by atoms with Crippen molar-refractivity contribution in [3.05, 3.63) is 29.0 Å². The van der Waals surface area contributed by atoms with Gasteiger partial charge in [-0.2, -0.15) is 10.4 Å². The normalized spacial score (nSPS) is 27.6. The number of aromatic nitrogens is 2. The van der Waals surface area contributed by atoms with E-state index in [1.807, 2.05) is 23.2 Å². The molecule has 2 aromatic rings. The van der Waals surface area contributed by atoms with Crippen LogP contribution >= 0.6 is 15.9 Å². The molecule has 1 aliphatic heterocycles. The molecule has 2 aliphatic rings. The van der Waals surface area contributed by atoms with Gasteiger partial charge in [0, 0.05) is 22.9 Å². The fraction of sp³-hybridized carbons (Fsp3) is 0.471. The maximum absolute atomic E-state index is 13.2. The Morgan fingerprint density at radius 2 is 2.30 bits per heavy atom. The maximum Gasteiger partial charge on any atom is 0.248 e. The average Bonchev–Trinajstić information content (AvgIpc) is 3.26. The molecule has 5 nitrogen and oxygen atoms in total. The highest BCUT2D eigenvalue weighted by atomic mass is 79.9. The fourth-order valence-electron chi connectivity index (χ4n) is 3.84. The van der Waals surface area contributed by atoms with E-state index in [0.29, 0.717) is 6.42 Å². The molecule has 6 heteroatoms. The number of nitrogens with zero attached hydrogens (tertiary/aromatic N) is 4. The van der Waals surface area contributed by atoms with Crippen LogP contribution in [0.15, 0.2) is 29.0 Å². The van der Waals surface area contributed by atoms with Crippen molar-refractivity contribution >= 4 is 33.0 Å². The van der Waals surface area contributed by atoms with Crippen LogP contribution in [0.5, 0.6) is 0 Å². The number of carbonyl (C=O) groups excluding carboxylic acids is 1.